The van der Waals surface area contributed by atoms with Gasteiger partial charge in [-0.05, 0) is 32.4 Å². The van der Waals surface area contributed by atoms with Crippen molar-refractivity contribution in [2.75, 3.05) is 26.2 Å². The third-order valence-corrected chi connectivity index (χ3v) is 2.56. The van der Waals surface area contributed by atoms with Gasteiger partial charge in [0.1, 0.15) is 0 Å². The Morgan fingerprint density at radius 3 is 2.93 bits per heavy atom. The third kappa shape index (κ3) is 4.07. The van der Waals surface area contributed by atoms with Crippen LogP contribution in [0.1, 0.15) is 26.2 Å². The molecule has 0 radical (unpaired) electrons. The van der Waals surface area contributed by atoms with Crippen LogP contribution in [-0.2, 0) is 4.79 Å². The van der Waals surface area contributed by atoms with Crippen LogP contribution in [0.5, 0.6) is 0 Å². The highest BCUT2D eigenvalue weighted by Crippen LogP contribution is 2.06. The minimum absolute atomic E-state index is 0.226. The van der Waals surface area contributed by atoms with Gasteiger partial charge in [-0.3, -0.25) is 9.69 Å². The Kier molecular flexibility index (Phi) is 4.90. The molecule has 82 valence electrons. The van der Waals surface area contributed by atoms with Crippen molar-refractivity contribution in [3.05, 3.63) is 0 Å². The summed E-state index contributed by atoms with van der Waals surface area (Å²) in [6.45, 7) is 5.54. The first-order valence-electron chi connectivity index (χ1n) is 5.46. The maximum absolute atomic E-state index is 10.8. The van der Waals surface area contributed by atoms with E-state index in [0.29, 0.717) is 12.6 Å². The predicted molar refractivity (Wildman–Crippen MR) is 57.0 cm³/mol. The molecule has 0 spiro atoms. The number of primary amides is 1. The highest BCUT2D eigenvalue weighted by molar-refractivity contribution is 5.75. The number of nitrogens with one attached hydrogen (secondary N) is 1. The Morgan fingerprint density at radius 2 is 2.43 bits per heavy atom. The Hall–Kier alpha value is -0.610. The Bertz CT molecular complexity index is 178. The van der Waals surface area contributed by atoms with Gasteiger partial charge in [-0.25, -0.2) is 0 Å². The molecular weight excluding hydrogens is 178 g/mol. The Labute approximate surface area is 85.8 Å². The van der Waals surface area contributed by atoms with Crippen LogP contribution in [0, 0.1) is 0 Å². The van der Waals surface area contributed by atoms with Gasteiger partial charge in [-0.15, -0.1) is 0 Å². The van der Waals surface area contributed by atoms with Gasteiger partial charge in [0.05, 0.1) is 6.54 Å². The molecule has 1 unspecified atom stereocenters. The SMILES string of the molecule is CCCN(CC(N)=O)CC1CCCN1. The van der Waals surface area contributed by atoms with Gasteiger partial charge < -0.3 is 11.1 Å². The van der Waals surface area contributed by atoms with Gasteiger partial charge in [-0.2, -0.15) is 0 Å². The standard InChI is InChI=1S/C10H21N3O/c1-2-6-13(8-10(11)14)7-9-4-3-5-12-9/h9,12H,2-8H2,1H3,(H2,11,14). The molecule has 14 heavy (non-hydrogen) atoms. The molecule has 1 rings (SSSR count). The molecule has 1 aliphatic rings. The molecule has 4 nitrogen and oxygen atoms in total. The first-order chi connectivity index (χ1) is 6.72. The zero-order chi connectivity index (χ0) is 10.4. The minimum Gasteiger partial charge on any atom is -0.369 e. The van der Waals surface area contributed by atoms with Crippen LogP contribution >= 0.6 is 0 Å². The number of nitrogens with zero attached hydrogens (tertiary/aromatic N) is 1. The molecular formula is C10H21N3O. The predicted octanol–water partition coefficient (Wildman–Crippen LogP) is -0.0643. The van der Waals surface area contributed by atoms with E-state index in [9.17, 15) is 4.79 Å². The number of nitrogens with two attached hydrogens (primary N) is 1. The van der Waals surface area contributed by atoms with Crippen molar-refractivity contribution in [2.45, 2.75) is 32.2 Å². The van der Waals surface area contributed by atoms with Crippen LogP contribution in [0.2, 0.25) is 0 Å². The Morgan fingerprint density at radius 1 is 1.64 bits per heavy atom. The maximum Gasteiger partial charge on any atom is 0.231 e. The summed E-state index contributed by atoms with van der Waals surface area (Å²) < 4.78 is 0. The zero-order valence-corrected chi connectivity index (χ0v) is 8.96. The van der Waals surface area contributed by atoms with E-state index in [1.165, 1.54) is 12.8 Å². The molecule has 0 aromatic rings. The fourth-order valence-electron chi connectivity index (χ4n) is 2.00. The molecule has 1 amide bonds. The fraction of sp³-hybridized carbons (Fsp3) is 0.900. The number of amides is 1. The van der Waals surface area contributed by atoms with Crippen molar-refractivity contribution < 1.29 is 4.79 Å². The van der Waals surface area contributed by atoms with Gasteiger partial charge in [0, 0.05) is 12.6 Å². The summed E-state index contributed by atoms with van der Waals surface area (Å²) in [5.41, 5.74) is 5.20. The summed E-state index contributed by atoms with van der Waals surface area (Å²) in [6, 6.07) is 0.556. The van der Waals surface area contributed by atoms with Crippen molar-refractivity contribution in [3.8, 4) is 0 Å². The van der Waals surface area contributed by atoms with Gasteiger partial charge in [-0.1, -0.05) is 6.92 Å². The largest absolute Gasteiger partial charge is 0.369 e. The van der Waals surface area contributed by atoms with Crippen LogP contribution < -0.4 is 11.1 Å². The average molecular weight is 199 g/mol. The maximum atomic E-state index is 10.8. The molecule has 1 heterocycles. The third-order valence-electron chi connectivity index (χ3n) is 2.56. The first-order valence-corrected chi connectivity index (χ1v) is 5.46. The highest BCUT2D eigenvalue weighted by atomic mass is 16.1. The second-order valence-electron chi connectivity index (χ2n) is 3.99. The quantitative estimate of drug-likeness (QED) is 0.630. The number of rotatable bonds is 6. The summed E-state index contributed by atoms with van der Waals surface area (Å²) in [5, 5.41) is 3.42. The number of carbonyl (C=O) groups is 1. The van der Waals surface area contributed by atoms with E-state index in [2.05, 4.69) is 17.1 Å². The lowest BCUT2D eigenvalue weighted by molar-refractivity contribution is -0.119. The van der Waals surface area contributed by atoms with Crippen molar-refractivity contribution in [1.29, 1.82) is 0 Å². The molecule has 0 aromatic heterocycles. The number of hydrogen-bond acceptors (Lipinski definition) is 3. The van der Waals surface area contributed by atoms with Crippen molar-refractivity contribution >= 4 is 5.91 Å². The zero-order valence-electron chi connectivity index (χ0n) is 8.96. The molecule has 1 fully saturated rings. The van der Waals surface area contributed by atoms with E-state index in [-0.39, 0.29) is 5.91 Å². The van der Waals surface area contributed by atoms with Crippen LogP contribution in [0.15, 0.2) is 0 Å². The highest BCUT2D eigenvalue weighted by Gasteiger charge is 2.18. The van der Waals surface area contributed by atoms with Crippen molar-refractivity contribution in [3.63, 3.8) is 0 Å². The summed E-state index contributed by atoms with van der Waals surface area (Å²) in [7, 11) is 0. The molecule has 1 saturated heterocycles. The minimum atomic E-state index is -0.226. The van der Waals surface area contributed by atoms with E-state index in [0.717, 1.165) is 26.1 Å². The monoisotopic (exact) mass is 199 g/mol. The van der Waals surface area contributed by atoms with Crippen LogP contribution in [0.4, 0.5) is 0 Å². The molecule has 0 aromatic carbocycles. The molecule has 3 N–H and O–H groups in total. The van der Waals surface area contributed by atoms with E-state index >= 15 is 0 Å². The van der Waals surface area contributed by atoms with E-state index < -0.39 is 0 Å². The van der Waals surface area contributed by atoms with E-state index in [1.807, 2.05) is 0 Å². The van der Waals surface area contributed by atoms with Gasteiger partial charge in [0.25, 0.3) is 0 Å². The molecule has 0 bridgehead atoms. The fourth-order valence-corrected chi connectivity index (χ4v) is 2.00. The number of carbonyl (C=O) groups excluding carboxylic acids is 1. The lowest BCUT2D eigenvalue weighted by atomic mass is 10.2. The lowest BCUT2D eigenvalue weighted by Gasteiger charge is -2.23. The topological polar surface area (TPSA) is 58.4 Å². The normalized spacial score (nSPS) is 21.7. The molecule has 0 saturated carbocycles. The lowest BCUT2D eigenvalue weighted by Crippen LogP contribution is -2.42. The number of hydrogen-bond donors (Lipinski definition) is 2. The van der Waals surface area contributed by atoms with Crippen LogP contribution in [-0.4, -0.2) is 43.0 Å². The molecule has 1 aliphatic heterocycles. The van der Waals surface area contributed by atoms with Gasteiger partial charge >= 0.3 is 0 Å². The second-order valence-corrected chi connectivity index (χ2v) is 3.99. The van der Waals surface area contributed by atoms with Crippen LogP contribution in [0.25, 0.3) is 0 Å². The molecule has 4 heteroatoms. The second kappa shape index (κ2) is 5.98. The summed E-state index contributed by atoms with van der Waals surface area (Å²) in [5.74, 6) is -0.226. The van der Waals surface area contributed by atoms with Gasteiger partial charge in [0.15, 0.2) is 0 Å². The summed E-state index contributed by atoms with van der Waals surface area (Å²) in [4.78, 5) is 13.0. The smallest absolute Gasteiger partial charge is 0.231 e. The van der Waals surface area contributed by atoms with Crippen molar-refractivity contribution in [2.24, 2.45) is 5.73 Å². The average Bonchev–Trinajstić information content (AvgIpc) is 2.56. The van der Waals surface area contributed by atoms with E-state index in [1.54, 1.807) is 0 Å². The molecule has 0 aliphatic carbocycles. The van der Waals surface area contributed by atoms with Crippen molar-refractivity contribution in [1.82, 2.24) is 10.2 Å². The summed E-state index contributed by atoms with van der Waals surface area (Å²) in [6.07, 6.45) is 3.54. The molecule has 1 atom stereocenters. The van der Waals surface area contributed by atoms with Crippen LogP contribution in [0.3, 0.4) is 0 Å². The summed E-state index contributed by atoms with van der Waals surface area (Å²) >= 11 is 0. The first kappa shape index (κ1) is 11.5. The Balaban J connectivity index is 2.29. The van der Waals surface area contributed by atoms with Gasteiger partial charge in [0.2, 0.25) is 5.91 Å². The van der Waals surface area contributed by atoms with E-state index in [4.69, 9.17) is 5.73 Å².